The van der Waals surface area contributed by atoms with E-state index in [1.165, 1.54) is 5.56 Å². The Hall–Kier alpha value is -0.830. The van der Waals surface area contributed by atoms with Crippen LogP contribution in [-0.4, -0.2) is 16.8 Å². The van der Waals surface area contributed by atoms with E-state index in [-0.39, 0.29) is 4.82 Å². The number of carbonyl (C=O) groups excluding carboxylic acids is 1. The molecule has 0 aliphatic rings. The second-order valence-electron chi connectivity index (χ2n) is 4.01. The van der Waals surface area contributed by atoms with Crippen molar-refractivity contribution < 1.29 is 4.79 Å². The smallest absolute Gasteiger partial charge is 0.289 e. The number of amides is 1. The van der Waals surface area contributed by atoms with Gasteiger partial charge in [-0.2, -0.15) is 0 Å². The van der Waals surface area contributed by atoms with E-state index in [1.54, 1.807) is 11.9 Å². The molecule has 0 bridgehead atoms. The van der Waals surface area contributed by atoms with Crippen molar-refractivity contribution in [2.45, 2.75) is 26.3 Å². The molecule has 0 fully saturated rings. The van der Waals surface area contributed by atoms with E-state index < -0.39 is 0 Å². The highest BCUT2D eigenvalue weighted by molar-refractivity contribution is 9.18. The van der Waals surface area contributed by atoms with Crippen LogP contribution >= 0.6 is 15.9 Å². The minimum absolute atomic E-state index is 0.0876. The molecule has 82 valence electrons. The Kier molecular flexibility index (Phi) is 4.33. The molecule has 1 amide bonds. The third-order valence-corrected chi connectivity index (χ3v) is 2.97. The molecule has 15 heavy (non-hydrogen) atoms. The summed E-state index contributed by atoms with van der Waals surface area (Å²) < 4.78 is 0. The zero-order chi connectivity index (χ0) is 11.4. The number of nitrogens with zero attached hydrogens (tertiary/aromatic N) is 1. The minimum atomic E-state index is -0.0876. The summed E-state index contributed by atoms with van der Waals surface area (Å²) in [5.41, 5.74) is 2.47. The summed E-state index contributed by atoms with van der Waals surface area (Å²) in [5.74, 6) is 0.551. The van der Waals surface area contributed by atoms with Crippen molar-refractivity contribution >= 4 is 20.7 Å². The van der Waals surface area contributed by atoms with Crippen LogP contribution in [0.2, 0.25) is 0 Å². The normalized spacial score (nSPS) is 10.5. The van der Waals surface area contributed by atoms with Gasteiger partial charge in [-0.1, -0.05) is 38.1 Å². The number of carbonyl (C=O) groups is 1. The lowest BCUT2D eigenvalue weighted by Gasteiger charge is -2.14. The molecule has 1 aromatic carbocycles. The first-order valence-electron chi connectivity index (χ1n) is 5.00. The highest BCUT2D eigenvalue weighted by Crippen LogP contribution is 2.15. The second-order valence-corrected chi connectivity index (χ2v) is 4.68. The maximum Gasteiger partial charge on any atom is 0.289 e. The third kappa shape index (κ3) is 3.67. The van der Waals surface area contributed by atoms with Gasteiger partial charge >= 0.3 is 0 Å². The van der Waals surface area contributed by atoms with Crippen molar-refractivity contribution in [3.8, 4) is 0 Å². The summed E-state index contributed by atoms with van der Waals surface area (Å²) in [6.07, 6.45) is 0. The summed E-state index contributed by atoms with van der Waals surface area (Å²) >= 11 is 2.92. The Balaban J connectivity index is 2.68. The van der Waals surface area contributed by atoms with E-state index in [4.69, 9.17) is 0 Å². The van der Waals surface area contributed by atoms with E-state index in [0.29, 0.717) is 12.5 Å². The van der Waals surface area contributed by atoms with Crippen molar-refractivity contribution in [2.75, 3.05) is 7.05 Å². The van der Waals surface area contributed by atoms with Gasteiger partial charge in [0.05, 0.1) is 0 Å². The van der Waals surface area contributed by atoms with Crippen LogP contribution < -0.4 is 0 Å². The fraction of sp³-hybridized carbons (Fsp3) is 0.417. The number of halogens is 1. The van der Waals surface area contributed by atoms with Crippen LogP contribution in [-0.2, 0) is 6.54 Å². The first kappa shape index (κ1) is 12.2. The summed E-state index contributed by atoms with van der Waals surface area (Å²) in [5, 5.41) is 0. The Bertz CT molecular complexity index is 332. The number of hydrogen-bond acceptors (Lipinski definition) is 1. The van der Waals surface area contributed by atoms with Crippen LogP contribution in [0.25, 0.3) is 0 Å². The molecule has 1 aromatic rings. The van der Waals surface area contributed by atoms with Crippen LogP contribution in [0.5, 0.6) is 0 Å². The summed E-state index contributed by atoms with van der Waals surface area (Å²) in [4.78, 5) is 12.5. The Labute approximate surface area is 99.4 Å². The number of rotatable bonds is 3. The van der Waals surface area contributed by atoms with Crippen LogP contribution in [0.3, 0.4) is 0 Å². The second kappa shape index (κ2) is 5.31. The molecular formula is C12H16BrNO. The summed E-state index contributed by atoms with van der Waals surface area (Å²) in [7, 11) is 1.77. The number of hydrogen-bond donors (Lipinski definition) is 0. The molecule has 3 heteroatoms. The van der Waals surface area contributed by atoms with Gasteiger partial charge in [0.1, 0.15) is 0 Å². The maximum absolute atomic E-state index is 11.0. The monoisotopic (exact) mass is 269 g/mol. The highest BCUT2D eigenvalue weighted by Gasteiger charge is 2.05. The molecule has 0 saturated heterocycles. The van der Waals surface area contributed by atoms with Crippen molar-refractivity contribution in [2.24, 2.45) is 0 Å². The maximum atomic E-state index is 11.0. The van der Waals surface area contributed by atoms with E-state index in [9.17, 15) is 4.79 Å². The van der Waals surface area contributed by atoms with Crippen LogP contribution in [0.15, 0.2) is 24.3 Å². The molecule has 1 rings (SSSR count). The van der Waals surface area contributed by atoms with E-state index in [2.05, 4.69) is 54.0 Å². The molecule has 0 radical (unpaired) electrons. The molecule has 0 atom stereocenters. The Morgan fingerprint density at radius 2 is 1.87 bits per heavy atom. The zero-order valence-corrected chi connectivity index (χ0v) is 10.9. The minimum Gasteiger partial charge on any atom is -0.332 e. The summed E-state index contributed by atoms with van der Waals surface area (Å²) in [6.45, 7) is 4.98. The fourth-order valence-electron chi connectivity index (χ4n) is 1.34. The molecule has 0 aliphatic carbocycles. The van der Waals surface area contributed by atoms with Gasteiger partial charge < -0.3 is 4.90 Å². The number of benzene rings is 1. The van der Waals surface area contributed by atoms with Gasteiger partial charge in [-0.25, -0.2) is 0 Å². The van der Waals surface area contributed by atoms with Crippen molar-refractivity contribution in [1.82, 2.24) is 4.90 Å². The average Bonchev–Trinajstić information content (AvgIpc) is 2.18. The molecule has 2 nitrogen and oxygen atoms in total. The predicted octanol–water partition coefficient (Wildman–Crippen LogP) is 3.76. The van der Waals surface area contributed by atoms with Crippen molar-refractivity contribution in [1.29, 1.82) is 0 Å². The topological polar surface area (TPSA) is 20.3 Å². The molecule has 0 aromatic heterocycles. The lowest BCUT2D eigenvalue weighted by molar-refractivity contribution is 0.233. The van der Waals surface area contributed by atoms with Gasteiger partial charge in [0.2, 0.25) is 0 Å². The fourth-order valence-corrected chi connectivity index (χ4v) is 1.47. The Morgan fingerprint density at radius 1 is 1.33 bits per heavy atom. The molecule has 0 N–H and O–H groups in total. The van der Waals surface area contributed by atoms with Crippen molar-refractivity contribution in [3.63, 3.8) is 0 Å². The van der Waals surface area contributed by atoms with Gasteiger partial charge in [0.25, 0.3) is 4.82 Å². The molecule has 0 unspecified atom stereocenters. The summed E-state index contributed by atoms with van der Waals surface area (Å²) in [6, 6.07) is 8.38. The standard InChI is InChI=1S/C12H16BrNO/c1-9(2)11-6-4-10(5-7-11)8-14(3)12(13)15/h4-7,9H,8H2,1-3H3. The quantitative estimate of drug-likeness (QED) is 0.605. The third-order valence-electron chi connectivity index (χ3n) is 2.37. The van der Waals surface area contributed by atoms with Gasteiger partial charge in [0.15, 0.2) is 0 Å². The van der Waals surface area contributed by atoms with Gasteiger partial charge in [-0.3, -0.25) is 4.79 Å². The van der Waals surface area contributed by atoms with E-state index >= 15 is 0 Å². The zero-order valence-electron chi connectivity index (χ0n) is 9.33. The van der Waals surface area contributed by atoms with E-state index in [1.807, 2.05) is 0 Å². The average molecular weight is 270 g/mol. The Morgan fingerprint density at radius 3 is 2.27 bits per heavy atom. The van der Waals surface area contributed by atoms with Crippen LogP contribution in [0.4, 0.5) is 4.79 Å². The molecule has 0 saturated carbocycles. The van der Waals surface area contributed by atoms with E-state index in [0.717, 1.165) is 5.56 Å². The lowest BCUT2D eigenvalue weighted by atomic mass is 10.0. The molecule has 0 aliphatic heterocycles. The predicted molar refractivity (Wildman–Crippen MR) is 66.3 cm³/mol. The molecular weight excluding hydrogens is 254 g/mol. The molecule has 0 spiro atoms. The lowest BCUT2D eigenvalue weighted by Crippen LogP contribution is -2.19. The largest absolute Gasteiger partial charge is 0.332 e. The first-order chi connectivity index (χ1) is 7.00. The van der Waals surface area contributed by atoms with Gasteiger partial charge in [0, 0.05) is 29.5 Å². The SMILES string of the molecule is CC(C)c1ccc(CN(C)C(=O)Br)cc1. The van der Waals surface area contributed by atoms with Crippen LogP contribution in [0, 0.1) is 0 Å². The van der Waals surface area contributed by atoms with Gasteiger partial charge in [-0.15, -0.1) is 0 Å². The highest BCUT2D eigenvalue weighted by atomic mass is 79.9. The first-order valence-corrected chi connectivity index (χ1v) is 5.79. The molecule has 0 heterocycles. The van der Waals surface area contributed by atoms with Crippen LogP contribution in [0.1, 0.15) is 30.9 Å². The van der Waals surface area contributed by atoms with Crippen molar-refractivity contribution in [3.05, 3.63) is 35.4 Å². The van der Waals surface area contributed by atoms with Gasteiger partial charge in [-0.05, 0) is 17.0 Å².